The Balaban J connectivity index is 1.53. The minimum absolute atomic E-state index is 0.128. The largest absolute Gasteiger partial charge is 0.347 e. The second-order valence-corrected chi connectivity index (χ2v) is 6.62. The van der Waals surface area contributed by atoms with Gasteiger partial charge in [-0.1, -0.05) is 66.7 Å². The normalized spacial score (nSPS) is 10.8. The third-order valence-corrected chi connectivity index (χ3v) is 4.80. The molecule has 0 unspecified atom stereocenters. The van der Waals surface area contributed by atoms with Crippen LogP contribution in [0.4, 0.5) is 5.69 Å². The van der Waals surface area contributed by atoms with E-state index in [4.69, 9.17) is 0 Å². The minimum atomic E-state index is 0.128. The predicted molar refractivity (Wildman–Crippen MR) is 111 cm³/mol. The molecular formula is C24H22N2O. The molecule has 0 aliphatic carbocycles. The molecule has 134 valence electrons. The van der Waals surface area contributed by atoms with E-state index < -0.39 is 0 Å². The Morgan fingerprint density at radius 1 is 0.778 bits per heavy atom. The van der Waals surface area contributed by atoms with Gasteiger partial charge in [-0.05, 0) is 35.2 Å². The first-order valence-electron chi connectivity index (χ1n) is 9.24. The van der Waals surface area contributed by atoms with Gasteiger partial charge >= 0.3 is 0 Å². The number of rotatable bonds is 6. The summed E-state index contributed by atoms with van der Waals surface area (Å²) in [6.45, 7) is 1.25. The monoisotopic (exact) mass is 354 g/mol. The quantitative estimate of drug-likeness (QED) is 0.463. The molecule has 1 heterocycles. The zero-order valence-electron chi connectivity index (χ0n) is 15.2. The number of aromatic nitrogens is 1. The molecule has 0 fully saturated rings. The smallest absolute Gasteiger partial charge is 0.229 e. The number of carbonyl (C=O) groups excluding carboxylic acids is 1. The van der Waals surface area contributed by atoms with Gasteiger partial charge in [-0.3, -0.25) is 4.79 Å². The number of amides is 1. The summed E-state index contributed by atoms with van der Waals surface area (Å²) in [5, 5.41) is 1.20. The molecule has 4 rings (SSSR count). The number of fused-ring (bicyclic) bond motifs is 1. The van der Waals surface area contributed by atoms with E-state index in [2.05, 4.69) is 41.1 Å². The molecule has 0 bridgehead atoms. The molecule has 0 aliphatic heterocycles. The Bertz CT molecular complexity index is 1020. The number of aryl methyl sites for hydroxylation is 1. The summed E-state index contributed by atoms with van der Waals surface area (Å²) >= 11 is 0. The summed E-state index contributed by atoms with van der Waals surface area (Å²) in [4.78, 5) is 15.0. The van der Waals surface area contributed by atoms with Gasteiger partial charge in [0.1, 0.15) is 0 Å². The molecule has 0 N–H and O–H groups in total. The van der Waals surface area contributed by atoms with E-state index in [0.29, 0.717) is 19.5 Å². The third kappa shape index (κ3) is 3.93. The average molecular weight is 354 g/mol. The van der Waals surface area contributed by atoms with E-state index in [1.165, 1.54) is 10.9 Å². The highest BCUT2D eigenvalue weighted by Gasteiger charge is 2.16. The average Bonchev–Trinajstić information content (AvgIpc) is 3.15. The van der Waals surface area contributed by atoms with Gasteiger partial charge in [-0.2, -0.15) is 0 Å². The van der Waals surface area contributed by atoms with E-state index >= 15 is 0 Å². The van der Waals surface area contributed by atoms with E-state index in [0.717, 1.165) is 11.3 Å². The van der Waals surface area contributed by atoms with Gasteiger partial charge in [0.2, 0.25) is 5.91 Å². The van der Waals surface area contributed by atoms with Gasteiger partial charge in [0.15, 0.2) is 0 Å². The fourth-order valence-electron chi connectivity index (χ4n) is 3.38. The Morgan fingerprint density at radius 2 is 1.44 bits per heavy atom. The van der Waals surface area contributed by atoms with Crippen LogP contribution in [-0.4, -0.2) is 10.5 Å². The lowest BCUT2D eigenvalue weighted by Crippen LogP contribution is -2.31. The predicted octanol–water partition coefficient (Wildman–Crippen LogP) is 5.26. The van der Waals surface area contributed by atoms with Gasteiger partial charge in [-0.25, -0.2) is 0 Å². The molecule has 1 amide bonds. The summed E-state index contributed by atoms with van der Waals surface area (Å²) < 4.78 is 2.15. The summed E-state index contributed by atoms with van der Waals surface area (Å²) in [6.07, 6.45) is 2.52. The highest BCUT2D eigenvalue weighted by atomic mass is 16.2. The fraction of sp³-hybridized carbons (Fsp3) is 0.125. The van der Waals surface area contributed by atoms with Crippen molar-refractivity contribution in [1.29, 1.82) is 0 Å². The first-order chi connectivity index (χ1) is 13.3. The van der Waals surface area contributed by atoms with Crippen molar-refractivity contribution in [2.75, 3.05) is 4.90 Å². The van der Waals surface area contributed by atoms with Crippen molar-refractivity contribution >= 4 is 22.5 Å². The van der Waals surface area contributed by atoms with Crippen molar-refractivity contribution in [1.82, 2.24) is 4.57 Å². The van der Waals surface area contributed by atoms with Crippen LogP contribution in [-0.2, 0) is 17.9 Å². The van der Waals surface area contributed by atoms with Gasteiger partial charge in [0.05, 0.1) is 6.54 Å². The SMILES string of the molecule is O=C(CCn1ccc2ccccc21)N(Cc1ccccc1)c1ccccc1. The van der Waals surface area contributed by atoms with Gasteiger partial charge < -0.3 is 9.47 Å². The number of anilines is 1. The number of hydrogen-bond acceptors (Lipinski definition) is 1. The Hall–Kier alpha value is -3.33. The second-order valence-electron chi connectivity index (χ2n) is 6.62. The second kappa shape index (κ2) is 7.92. The van der Waals surface area contributed by atoms with Gasteiger partial charge in [0.25, 0.3) is 0 Å². The van der Waals surface area contributed by atoms with Crippen LogP contribution in [0.1, 0.15) is 12.0 Å². The van der Waals surface area contributed by atoms with Crippen LogP contribution >= 0.6 is 0 Å². The van der Waals surface area contributed by atoms with Crippen molar-refractivity contribution in [2.24, 2.45) is 0 Å². The van der Waals surface area contributed by atoms with Crippen LogP contribution in [0.25, 0.3) is 10.9 Å². The topological polar surface area (TPSA) is 25.2 Å². The molecule has 1 aromatic heterocycles. The first kappa shape index (κ1) is 17.1. The van der Waals surface area contributed by atoms with Gasteiger partial charge in [0, 0.05) is 30.4 Å². The molecule has 3 nitrogen and oxygen atoms in total. The standard InChI is InChI=1S/C24H22N2O/c27-24(16-18-25-17-15-21-11-7-8-14-23(21)25)26(22-12-5-2-6-13-22)19-20-9-3-1-4-10-20/h1-15,17H,16,18-19H2. The summed E-state index contributed by atoms with van der Waals surface area (Å²) in [6, 6.07) is 30.4. The molecule has 0 radical (unpaired) electrons. The van der Waals surface area contributed by atoms with E-state index in [1.807, 2.05) is 65.6 Å². The van der Waals surface area contributed by atoms with E-state index in [1.54, 1.807) is 0 Å². The van der Waals surface area contributed by atoms with Crippen molar-refractivity contribution in [3.63, 3.8) is 0 Å². The Morgan fingerprint density at radius 3 is 2.22 bits per heavy atom. The highest BCUT2D eigenvalue weighted by molar-refractivity contribution is 5.93. The molecule has 4 aromatic rings. The van der Waals surface area contributed by atoms with Crippen LogP contribution in [0, 0.1) is 0 Å². The maximum absolute atomic E-state index is 13.1. The Labute approximate surface area is 159 Å². The van der Waals surface area contributed by atoms with Crippen LogP contribution < -0.4 is 4.90 Å². The maximum atomic E-state index is 13.1. The van der Waals surface area contributed by atoms with E-state index in [9.17, 15) is 4.79 Å². The number of benzene rings is 3. The fourth-order valence-corrected chi connectivity index (χ4v) is 3.38. The summed E-state index contributed by atoms with van der Waals surface area (Å²) in [5.74, 6) is 0.128. The number of para-hydroxylation sites is 2. The third-order valence-electron chi connectivity index (χ3n) is 4.80. The number of carbonyl (C=O) groups is 1. The van der Waals surface area contributed by atoms with Crippen LogP contribution in [0.3, 0.4) is 0 Å². The summed E-state index contributed by atoms with van der Waals surface area (Å²) in [5.41, 5.74) is 3.23. The minimum Gasteiger partial charge on any atom is -0.347 e. The Kier molecular flexibility index (Phi) is 5.01. The molecule has 0 aliphatic rings. The van der Waals surface area contributed by atoms with Crippen LogP contribution in [0.2, 0.25) is 0 Å². The molecule has 0 saturated heterocycles. The molecule has 3 aromatic carbocycles. The molecule has 0 saturated carbocycles. The lowest BCUT2D eigenvalue weighted by Gasteiger charge is -2.23. The van der Waals surface area contributed by atoms with Crippen LogP contribution in [0.5, 0.6) is 0 Å². The van der Waals surface area contributed by atoms with Gasteiger partial charge in [-0.15, -0.1) is 0 Å². The summed E-state index contributed by atoms with van der Waals surface area (Å²) in [7, 11) is 0. The molecule has 0 spiro atoms. The van der Waals surface area contributed by atoms with Crippen molar-refractivity contribution in [3.8, 4) is 0 Å². The lowest BCUT2D eigenvalue weighted by molar-refractivity contribution is -0.118. The first-order valence-corrected chi connectivity index (χ1v) is 9.24. The molecular weight excluding hydrogens is 332 g/mol. The van der Waals surface area contributed by atoms with Crippen LogP contribution in [0.15, 0.2) is 97.2 Å². The zero-order chi connectivity index (χ0) is 18.5. The zero-order valence-corrected chi connectivity index (χ0v) is 15.2. The number of nitrogens with zero attached hydrogens (tertiary/aromatic N) is 2. The maximum Gasteiger partial charge on any atom is 0.229 e. The molecule has 3 heteroatoms. The lowest BCUT2D eigenvalue weighted by atomic mass is 10.2. The molecule has 0 atom stereocenters. The van der Waals surface area contributed by atoms with Crippen molar-refractivity contribution in [3.05, 3.63) is 103 Å². The highest BCUT2D eigenvalue weighted by Crippen LogP contribution is 2.20. The molecule has 27 heavy (non-hydrogen) atoms. The van der Waals surface area contributed by atoms with E-state index in [-0.39, 0.29) is 5.91 Å². The van der Waals surface area contributed by atoms with Crippen molar-refractivity contribution < 1.29 is 4.79 Å². The number of hydrogen-bond donors (Lipinski definition) is 0. The van der Waals surface area contributed by atoms with Crippen molar-refractivity contribution in [2.45, 2.75) is 19.5 Å².